The number of hydrogen-bond acceptors (Lipinski definition) is 2. The van der Waals surface area contributed by atoms with E-state index in [9.17, 15) is 0 Å². The lowest BCUT2D eigenvalue weighted by Gasteiger charge is -2.36. The zero-order chi connectivity index (χ0) is 20.4. The minimum Gasteiger partial charge on any atom is -0.360 e. The molecule has 2 heterocycles. The van der Waals surface area contributed by atoms with Crippen LogP contribution in [0.25, 0.3) is 21.9 Å². The van der Waals surface area contributed by atoms with Crippen LogP contribution in [0, 0.1) is 0 Å². The quantitative estimate of drug-likeness (QED) is 0.299. The van der Waals surface area contributed by atoms with Crippen LogP contribution < -0.4 is 15.1 Å². The average molecular weight is 394 g/mol. The molecule has 31 heavy (non-hydrogen) atoms. The van der Waals surface area contributed by atoms with Crippen molar-refractivity contribution in [2.75, 3.05) is 9.62 Å². The lowest BCUT2D eigenvalue weighted by molar-refractivity contribution is 1.38. The molecule has 0 aliphatic carbocycles. The van der Waals surface area contributed by atoms with Crippen LogP contribution in [0.4, 0.5) is 22.7 Å². The summed E-state index contributed by atoms with van der Waals surface area (Å²) in [6.07, 6.45) is 0. The first-order valence-electron chi connectivity index (χ1n) is 10.7. The smallest absolute Gasteiger partial charge is 0.360 e. The van der Waals surface area contributed by atoms with E-state index in [1.807, 2.05) is 0 Å². The van der Waals surface area contributed by atoms with Gasteiger partial charge in [0.05, 0.1) is 11.4 Å². The predicted octanol–water partition coefficient (Wildman–Crippen LogP) is 6.51. The fourth-order valence-corrected chi connectivity index (χ4v) is 5.27. The molecule has 7 rings (SSSR count). The Balaban J connectivity index is 1.58. The van der Waals surface area contributed by atoms with Gasteiger partial charge in [0.25, 0.3) is 0 Å². The molecule has 2 aliphatic rings. The van der Waals surface area contributed by atoms with E-state index in [0.717, 1.165) is 0 Å². The highest BCUT2D eigenvalue weighted by molar-refractivity contribution is 6.86. The second-order valence-electron chi connectivity index (χ2n) is 8.24. The van der Waals surface area contributed by atoms with Crippen molar-refractivity contribution in [1.29, 1.82) is 0 Å². The van der Waals surface area contributed by atoms with Gasteiger partial charge >= 0.3 is 6.98 Å². The third-order valence-electron chi connectivity index (χ3n) is 6.58. The maximum atomic E-state index is 2.52. The molecule has 144 valence electrons. The van der Waals surface area contributed by atoms with E-state index in [4.69, 9.17) is 0 Å². The van der Waals surface area contributed by atoms with Gasteiger partial charge in [-0.15, -0.1) is 0 Å². The van der Waals surface area contributed by atoms with Crippen LogP contribution >= 0.6 is 0 Å². The first-order valence-corrected chi connectivity index (χ1v) is 10.7. The lowest BCUT2D eigenvalue weighted by Crippen LogP contribution is -2.55. The highest BCUT2D eigenvalue weighted by Crippen LogP contribution is 2.51. The summed E-state index contributed by atoms with van der Waals surface area (Å²) in [4.78, 5) is 5.00. The lowest BCUT2D eigenvalue weighted by atomic mass is 9.59. The Morgan fingerprint density at radius 1 is 0.452 bits per heavy atom. The summed E-state index contributed by atoms with van der Waals surface area (Å²) in [6, 6.07) is 41.8. The van der Waals surface area contributed by atoms with Crippen molar-refractivity contribution in [2.24, 2.45) is 0 Å². The molecule has 0 atom stereocenters. The Morgan fingerprint density at radius 3 is 1.87 bits per heavy atom. The van der Waals surface area contributed by atoms with Crippen molar-refractivity contribution >= 4 is 46.0 Å². The molecule has 2 aliphatic heterocycles. The maximum absolute atomic E-state index is 2.52. The number of fused-ring (bicyclic) bond motifs is 9. The fourth-order valence-electron chi connectivity index (χ4n) is 5.27. The average Bonchev–Trinajstić information content (AvgIpc) is 3.19. The molecule has 0 saturated carbocycles. The number of rotatable bonds is 1. The molecule has 3 heteroatoms. The topological polar surface area (TPSA) is 6.48 Å². The number of para-hydroxylation sites is 3. The normalized spacial score (nSPS) is 13.6. The van der Waals surface area contributed by atoms with Gasteiger partial charge in [0, 0.05) is 16.9 Å². The van der Waals surface area contributed by atoms with Gasteiger partial charge in [-0.05, 0) is 58.2 Å². The summed E-state index contributed by atoms with van der Waals surface area (Å²) < 4.78 is 0. The number of benzene rings is 5. The number of nitrogens with zero attached hydrogens (tertiary/aromatic N) is 2. The van der Waals surface area contributed by atoms with Gasteiger partial charge in [-0.1, -0.05) is 78.9 Å². The second kappa shape index (κ2) is 6.26. The molecule has 0 unspecified atom stereocenters. The van der Waals surface area contributed by atoms with Crippen LogP contribution in [-0.2, 0) is 0 Å². The van der Waals surface area contributed by atoms with E-state index in [1.54, 1.807) is 0 Å². The van der Waals surface area contributed by atoms with Crippen molar-refractivity contribution in [3.05, 3.63) is 115 Å². The van der Waals surface area contributed by atoms with Crippen molar-refractivity contribution in [3.63, 3.8) is 0 Å². The van der Waals surface area contributed by atoms with Crippen molar-refractivity contribution in [2.45, 2.75) is 0 Å². The van der Waals surface area contributed by atoms with E-state index >= 15 is 0 Å². The zero-order valence-electron chi connectivity index (χ0n) is 16.9. The third-order valence-corrected chi connectivity index (χ3v) is 6.58. The van der Waals surface area contributed by atoms with Crippen molar-refractivity contribution < 1.29 is 0 Å². The third kappa shape index (κ3) is 2.29. The van der Waals surface area contributed by atoms with Crippen LogP contribution in [-0.4, -0.2) is 6.98 Å². The van der Waals surface area contributed by atoms with Gasteiger partial charge in [0.1, 0.15) is 0 Å². The number of anilines is 4. The Bertz CT molecular complexity index is 1460. The molecule has 0 radical (unpaired) electrons. The highest BCUT2D eigenvalue weighted by Gasteiger charge is 2.47. The van der Waals surface area contributed by atoms with Gasteiger partial charge in [0.15, 0.2) is 0 Å². The summed E-state index contributed by atoms with van der Waals surface area (Å²) in [5.41, 5.74) is 8.94. The molecule has 0 aromatic heterocycles. The highest BCUT2D eigenvalue weighted by atomic mass is 15.3. The molecule has 5 aromatic carbocycles. The van der Waals surface area contributed by atoms with Crippen LogP contribution in [0.5, 0.6) is 0 Å². The van der Waals surface area contributed by atoms with E-state index in [2.05, 4.69) is 125 Å². The van der Waals surface area contributed by atoms with Crippen LogP contribution in [0.3, 0.4) is 0 Å². The van der Waals surface area contributed by atoms with Gasteiger partial charge < -0.3 is 9.62 Å². The van der Waals surface area contributed by atoms with E-state index < -0.39 is 0 Å². The van der Waals surface area contributed by atoms with Crippen LogP contribution in [0.2, 0.25) is 0 Å². The molecule has 0 spiro atoms. The van der Waals surface area contributed by atoms with E-state index in [1.165, 1.54) is 50.1 Å². The Labute approximate surface area is 182 Å². The molecule has 0 N–H and O–H groups in total. The summed E-state index contributed by atoms with van der Waals surface area (Å²) in [5, 5.41) is 2.55. The van der Waals surface area contributed by atoms with Gasteiger partial charge in [-0.25, -0.2) is 0 Å². The minimum atomic E-state index is 0.0877. The van der Waals surface area contributed by atoms with E-state index in [0.29, 0.717) is 0 Å². The van der Waals surface area contributed by atoms with Gasteiger partial charge in [-0.2, -0.15) is 0 Å². The summed E-state index contributed by atoms with van der Waals surface area (Å²) >= 11 is 0. The molecular formula is C28H19BN2. The van der Waals surface area contributed by atoms with Crippen LogP contribution in [0.1, 0.15) is 0 Å². The Hall–Kier alpha value is -3.98. The van der Waals surface area contributed by atoms with Gasteiger partial charge in [0.2, 0.25) is 0 Å². The monoisotopic (exact) mass is 394 g/mol. The SMILES string of the molecule is c1ccc(N2B3c4ccccc4-c4cc5ccccc5cc4N3c3ccccc32)cc1. The van der Waals surface area contributed by atoms with Crippen molar-refractivity contribution in [3.8, 4) is 11.1 Å². The molecule has 0 bridgehead atoms. The summed E-state index contributed by atoms with van der Waals surface area (Å²) in [6.45, 7) is 0.0877. The molecule has 0 amide bonds. The molecule has 5 aromatic rings. The summed E-state index contributed by atoms with van der Waals surface area (Å²) in [7, 11) is 0. The van der Waals surface area contributed by atoms with E-state index in [-0.39, 0.29) is 6.98 Å². The van der Waals surface area contributed by atoms with Crippen LogP contribution in [0.15, 0.2) is 115 Å². The molecule has 2 nitrogen and oxygen atoms in total. The Morgan fingerprint density at radius 2 is 1.06 bits per heavy atom. The largest absolute Gasteiger partial charge is 0.421 e. The minimum absolute atomic E-state index is 0.0877. The standard InChI is InChI=1S/C28H19BN2/c1-2-12-22(13-3-1)30-26-16-8-9-17-27(26)31-28-19-21-11-5-4-10-20(21)18-24(28)23-14-6-7-15-25(23)29(30)31/h1-19H. The fraction of sp³-hybridized carbons (Fsp3) is 0. The molecule has 0 saturated heterocycles. The second-order valence-corrected chi connectivity index (χ2v) is 8.24. The van der Waals surface area contributed by atoms with Gasteiger partial charge in [-0.3, -0.25) is 0 Å². The zero-order valence-corrected chi connectivity index (χ0v) is 16.9. The number of hydrogen-bond donors (Lipinski definition) is 0. The summed E-state index contributed by atoms with van der Waals surface area (Å²) in [5.74, 6) is 0. The first kappa shape index (κ1) is 16.8. The van der Waals surface area contributed by atoms with Crippen molar-refractivity contribution in [1.82, 2.24) is 0 Å². The molecular weight excluding hydrogens is 375 g/mol. The maximum Gasteiger partial charge on any atom is 0.421 e. The Kier molecular flexibility index (Phi) is 3.39. The predicted molar refractivity (Wildman–Crippen MR) is 132 cm³/mol. The molecule has 0 fully saturated rings. The first-order chi connectivity index (χ1) is 15.4.